The van der Waals surface area contributed by atoms with Crippen LogP contribution in [0.5, 0.6) is 0 Å². The van der Waals surface area contributed by atoms with Gasteiger partial charge in [-0.3, -0.25) is 0 Å². The molecule has 0 aliphatic heterocycles. The van der Waals surface area contributed by atoms with Crippen LogP contribution < -0.4 is 5.32 Å². The summed E-state index contributed by atoms with van der Waals surface area (Å²) >= 11 is 0. The lowest BCUT2D eigenvalue weighted by Crippen LogP contribution is -2.17. The zero-order valence-corrected chi connectivity index (χ0v) is 12.0. The second-order valence-corrected chi connectivity index (χ2v) is 5.33. The fourth-order valence-corrected chi connectivity index (χ4v) is 2.37. The van der Waals surface area contributed by atoms with Gasteiger partial charge in [-0.15, -0.1) is 0 Å². The van der Waals surface area contributed by atoms with Gasteiger partial charge in [-0.05, 0) is 29.7 Å². The van der Waals surface area contributed by atoms with Crippen LogP contribution in [0.1, 0.15) is 30.9 Å². The third-order valence-electron chi connectivity index (χ3n) is 3.55. The van der Waals surface area contributed by atoms with E-state index in [4.69, 9.17) is 5.26 Å². The summed E-state index contributed by atoms with van der Waals surface area (Å²) in [6, 6.07) is 20.4. The molecule has 0 bridgehead atoms. The van der Waals surface area contributed by atoms with E-state index in [-0.39, 0.29) is 0 Å². The van der Waals surface area contributed by atoms with E-state index in [1.807, 2.05) is 30.3 Å². The molecule has 0 amide bonds. The topological polar surface area (TPSA) is 35.8 Å². The molecule has 2 heteroatoms. The van der Waals surface area contributed by atoms with Crippen LogP contribution in [0.4, 0.5) is 5.69 Å². The fraction of sp³-hybridized carbons (Fsp3) is 0.278. The molecule has 2 aromatic carbocycles. The molecule has 0 spiro atoms. The van der Waals surface area contributed by atoms with Gasteiger partial charge in [0.25, 0.3) is 0 Å². The van der Waals surface area contributed by atoms with Gasteiger partial charge in [0.15, 0.2) is 0 Å². The molecular formula is C18H20N2. The van der Waals surface area contributed by atoms with Crippen LogP contribution in [0.2, 0.25) is 0 Å². The van der Waals surface area contributed by atoms with Crippen molar-refractivity contribution in [3.05, 3.63) is 65.7 Å². The Kier molecular flexibility index (Phi) is 4.79. The van der Waals surface area contributed by atoms with E-state index in [9.17, 15) is 0 Å². The molecule has 0 radical (unpaired) electrons. The summed E-state index contributed by atoms with van der Waals surface area (Å²) in [4.78, 5) is 0. The van der Waals surface area contributed by atoms with Crippen LogP contribution in [0.25, 0.3) is 0 Å². The van der Waals surface area contributed by atoms with Gasteiger partial charge in [0.1, 0.15) is 0 Å². The molecule has 1 atom stereocenters. The number of rotatable bonds is 5. The predicted octanol–water partition coefficient (Wildman–Crippen LogP) is 4.41. The fourth-order valence-electron chi connectivity index (χ4n) is 2.37. The Morgan fingerprint density at radius 1 is 1.05 bits per heavy atom. The van der Waals surface area contributed by atoms with Gasteiger partial charge in [0.05, 0.1) is 11.6 Å². The number of nitriles is 1. The van der Waals surface area contributed by atoms with Gasteiger partial charge >= 0.3 is 0 Å². The summed E-state index contributed by atoms with van der Waals surface area (Å²) in [7, 11) is 0. The van der Waals surface area contributed by atoms with Crippen LogP contribution in [0.15, 0.2) is 54.6 Å². The Morgan fingerprint density at radius 3 is 2.45 bits per heavy atom. The Bertz CT molecular complexity index is 582. The maximum atomic E-state index is 8.93. The maximum absolute atomic E-state index is 8.93. The Hall–Kier alpha value is -2.27. The van der Waals surface area contributed by atoms with Gasteiger partial charge < -0.3 is 5.32 Å². The highest BCUT2D eigenvalue weighted by Crippen LogP contribution is 2.25. The highest BCUT2D eigenvalue weighted by Gasteiger charge is 2.15. The first-order chi connectivity index (χ1) is 9.70. The number of benzene rings is 2. The van der Waals surface area contributed by atoms with Crippen molar-refractivity contribution in [3.63, 3.8) is 0 Å². The smallest absolute Gasteiger partial charge is 0.0992 e. The van der Waals surface area contributed by atoms with Crippen LogP contribution in [0.3, 0.4) is 0 Å². The van der Waals surface area contributed by atoms with E-state index in [2.05, 4.69) is 49.5 Å². The predicted molar refractivity (Wildman–Crippen MR) is 83.7 cm³/mol. The van der Waals surface area contributed by atoms with Gasteiger partial charge in [-0.25, -0.2) is 0 Å². The van der Waals surface area contributed by atoms with Crippen molar-refractivity contribution in [2.24, 2.45) is 5.92 Å². The molecule has 0 saturated carbocycles. The van der Waals surface area contributed by atoms with E-state index in [0.29, 0.717) is 17.4 Å². The lowest BCUT2D eigenvalue weighted by Gasteiger charge is -2.22. The molecule has 1 unspecified atom stereocenters. The molecule has 0 aliphatic carbocycles. The standard InChI is InChI=1S/C18H20N2/c1-14(2)18(16-8-4-3-5-9-16)13-20-17-10-6-7-15(11-17)12-19/h3-11,14,18,20H,13H2,1-2H3. The van der Waals surface area contributed by atoms with E-state index in [0.717, 1.165) is 12.2 Å². The number of hydrogen-bond donors (Lipinski definition) is 1. The molecule has 0 saturated heterocycles. The minimum absolute atomic E-state index is 0.460. The van der Waals surface area contributed by atoms with Crippen LogP contribution in [-0.4, -0.2) is 6.54 Å². The minimum Gasteiger partial charge on any atom is -0.384 e. The SMILES string of the molecule is CC(C)C(CNc1cccc(C#N)c1)c1ccccc1. The molecule has 102 valence electrons. The van der Waals surface area contributed by atoms with E-state index >= 15 is 0 Å². The molecular weight excluding hydrogens is 244 g/mol. The number of nitrogens with one attached hydrogen (secondary N) is 1. The van der Waals surface area contributed by atoms with E-state index in [1.54, 1.807) is 0 Å². The van der Waals surface area contributed by atoms with E-state index in [1.165, 1.54) is 5.56 Å². The van der Waals surface area contributed by atoms with Crippen LogP contribution in [0, 0.1) is 17.2 Å². The Labute approximate surface area is 121 Å². The third-order valence-corrected chi connectivity index (χ3v) is 3.55. The second kappa shape index (κ2) is 6.77. The zero-order chi connectivity index (χ0) is 14.4. The number of anilines is 1. The summed E-state index contributed by atoms with van der Waals surface area (Å²) in [5.41, 5.74) is 3.05. The van der Waals surface area contributed by atoms with Crippen molar-refractivity contribution >= 4 is 5.69 Å². The second-order valence-electron chi connectivity index (χ2n) is 5.33. The average Bonchev–Trinajstić information content (AvgIpc) is 2.48. The highest BCUT2D eigenvalue weighted by atomic mass is 14.9. The van der Waals surface area contributed by atoms with E-state index < -0.39 is 0 Å². The molecule has 0 heterocycles. The molecule has 2 nitrogen and oxygen atoms in total. The third kappa shape index (κ3) is 3.61. The minimum atomic E-state index is 0.460. The normalized spacial score (nSPS) is 11.9. The van der Waals surface area contributed by atoms with Crippen molar-refractivity contribution in [2.45, 2.75) is 19.8 Å². The largest absolute Gasteiger partial charge is 0.384 e. The quantitative estimate of drug-likeness (QED) is 0.868. The van der Waals surface area contributed by atoms with Gasteiger partial charge in [0.2, 0.25) is 0 Å². The molecule has 0 aromatic heterocycles. The molecule has 2 rings (SSSR count). The monoisotopic (exact) mass is 264 g/mol. The lowest BCUT2D eigenvalue weighted by molar-refractivity contribution is 0.517. The number of nitrogens with zero attached hydrogens (tertiary/aromatic N) is 1. The van der Waals surface area contributed by atoms with Crippen LogP contribution >= 0.6 is 0 Å². The first-order valence-electron chi connectivity index (χ1n) is 6.99. The van der Waals surface area contributed by atoms with Crippen molar-refractivity contribution in [1.29, 1.82) is 5.26 Å². The van der Waals surface area contributed by atoms with Gasteiger partial charge in [-0.1, -0.05) is 50.2 Å². The molecule has 0 aliphatic rings. The Morgan fingerprint density at radius 2 is 1.80 bits per heavy atom. The Balaban J connectivity index is 2.08. The highest BCUT2D eigenvalue weighted by molar-refractivity contribution is 5.49. The van der Waals surface area contributed by atoms with Crippen molar-refractivity contribution in [1.82, 2.24) is 0 Å². The molecule has 1 N–H and O–H groups in total. The molecule has 20 heavy (non-hydrogen) atoms. The summed E-state index contributed by atoms with van der Waals surface area (Å²) in [5, 5.41) is 12.4. The summed E-state index contributed by atoms with van der Waals surface area (Å²) in [6.07, 6.45) is 0. The first-order valence-corrected chi connectivity index (χ1v) is 6.99. The number of hydrogen-bond acceptors (Lipinski definition) is 2. The summed E-state index contributed by atoms with van der Waals surface area (Å²) in [5.74, 6) is 1.02. The molecule has 2 aromatic rings. The van der Waals surface area contributed by atoms with Crippen molar-refractivity contribution in [2.75, 3.05) is 11.9 Å². The zero-order valence-electron chi connectivity index (χ0n) is 12.0. The van der Waals surface area contributed by atoms with Crippen molar-refractivity contribution in [3.8, 4) is 6.07 Å². The van der Waals surface area contributed by atoms with Crippen molar-refractivity contribution < 1.29 is 0 Å². The van der Waals surface area contributed by atoms with Crippen LogP contribution in [-0.2, 0) is 0 Å². The summed E-state index contributed by atoms with van der Waals surface area (Å²) in [6.45, 7) is 5.35. The van der Waals surface area contributed by atoms with Gasteiger partial charge in [-0.2, -0.15) is 5.26 Å². The molecule has 0 fully saturated rings. The summed E-state index contributed by atoms with van der Waals surface area (Å²) < 4.78 is 0. The van der Waals surface area contributed by atoms with Gasteiger partial charge in [0, 0.05) is 18.2 Å². The maximum Gasteiger partial charge on any atom is 0.0992 e. The first kappa shape index (κ1) is 14.1. The lowest BCUT2D eigenvalue weighted by atomic mass is 9.88. The average molecular weight is 264 g/mol.